The highest BCUT2D eigenvalue weighted by Gasteiger charge is 2.31. The van der Waals surface area contributed by atoms with Gasteiger partial charge in [-0.25, -0.2) is 5.48 Å². The van der Waals surface area contributed by atoms with Crippen LogP contribution >= 0.6 is 0 Å². The van der Waals surface area contributed by atoms with Crippen LogP contribution in [0.1, 0.15) is 15.9 Å². The van der Waals surface area contributed by atoms with Crippen LogP contribution in [0.3, 0.4) is 0 Å². The Hall–Kier alpha value is -1.77. The van der Waals surface area contributed by atoms with Crippen molar-refractivity contribution < 1.29 is 36.0 Å². The van der Waals surface area contributed by atoms with E-state index in [1.807, 2.05) is 0 Å². The molecule has 0 bridgehead atoms. The number of hydrogen-bond donors (Lipinski definition) is 1. The van der Waals surface area contributed by atoms with E-state index < -0.39 is 36.0 Å². The summed E-state index contributed by atoms with van der Waals surface area (Å²) in [6.07, 6.45) is -9.30. The first kappa shape index (κ1) is 15.3. The monoisotopic (exact) mass is 287 g/mol. The topological polar surface area (TPSA) is 38.3 Å². The van der Waals surface area contributed by atoms with E-state index in [-0.39, 0.29) is 0 Å². The second-order valence-corrected chi connectivity index (χ2v) is 3.41. The Morgan fingerprint density at radius 2 is 1.79 bits per heavy atom. The molecule has 0 unspecified atom stereocenters. The molecule has 1 rings (SSSR count). The van der Waals surface area contributed by atoms with Gasteiger partial charge in [0.25, 0.3) is 5.91 Å². The molecule has 1 aromatic rings. The molecular weight excluding hydrogens is 280 g/mol. The molecule has 0 atom stereocenters. The standard InChI is InChI=1S/C10H7F6NO2/c11-9(12,13)5-19-17-8(18)6-2-1-3-7(4-6)10(14,15)16/h1-4H,5H2,(H,17,18). The molecule has 1 amide bonds. The summed E-state index contributed by atoms with van der Waals surface area (Å²) in [5.74, 6) is -1.20. The van der Waals surface area contributed by atoms with Crippen molar-refractivity contribution in [3.05, 3.63) is 35.4 Å². The maximum absolute atomic E-state index is 12.3. The molecule has 106 valence electrons. The van der Waals surface area contributed by atoms with Crippen molar-refractivity contribution in [3.8, 4) is 0 Å². The number of rotatable bonds is 3. The van der Waals surface area contributed by atoms with E-state index in [4.69, 9.17) is 0 Å². The lowest BCUT2D eigenvalue weighted by Gasteiger charge is -2.10. The summed E-state index contributed by atoms with van der Waals surface area (Å²) in [4.78, 5) is 15.1. The Labute approximate surface area is 103 Å². The van der Waals surface area contributed by atoms with E-state index in [2.05, 4.69) is 4.84 Å². The first-order chi connectivity index (χ1) is 8.59. The van der Waals surface area contributed by atoms with E-state index in [9.17, 15) is 31.1 Å². The predicted octanol–water partition coefficient (Wildman–Crippen LogP) is 2.93. The number of nitrogens with one attached hydrogen (secondary N) is 1. The SMILES string of the molecule is O=C(NOCC(F)(F)F)c1cccc(C(F)(F)F)c1. The Bertz CT molecular complexity index is 454. The van der Waals surface area contributed by atoms with Gasteiger partial charge in [0.05, 0.1) is 5.56 Å². The molecule has 0 radical (unpaired) electrons. The van der Waals surface area contributed by atoms with Crippen LogP contribution in [0.15, 0.2) is 24.3 Å². The van der Waals surface area contributed by atoms with Crippen LogP contribution in [0.4, 0.5) is 26.3 Å². The van der Waals surface area contributed by atoms with Crippen molar-refractivity contribution in [2.75, 3.05) is 6.61 Å². The number of carbonyl (C=O) groups is 1. The van der Waals surface area contributed by atoms with Crippen molar-refractivity contribution in [2.45, 2.75) is 12.4 Å². The average molecular weight is 287 g/mol. The fourth-order valence-electron chi connectivity index (χ4n) is 1.08. The minimum atomic E-state index is -4.65. The largest absolute Gasteiger partial charge is 0.416 e. The van der Waals surface area contributed by atoms with E-state index in [1.54, 1.807) is 0 Å². The molecule has 0 fully saturated rings. The summed E-state index contributed by atoms with van der Waals surface area (Å²) in [6, 6.07) is 3.21. The number of amides is 1. The van der Waals surface area contributed by atoms with Crippen LogP contribution in [0.5, 0.6) is 0 Å². The molecule has 1 N–H and O–H groups in total. The fraction of sp³-hybridized carbons (Fsp3) is 0.300. The summed E-state index contributed by atoms with van der Waals surface area (Å²) in [6.45, 7) is -1.74. The van der Waals surface area contributed by atoms with Crippen LogP contribution in [-0.4, -0.2) is 18.7 Å². The number of halogens is 6. The number of hydrogen-bond acceptors (Lipinski definition) is 2. The van der Waals surface area contributed by atoms with Gasteiger partial charge in [-0.05, 0) is 18.2 Å². The molecule has 0 spiro atoms. The summed E-state index contributed by atoms with van der Waals surface area (Å²) >= 11 is 0. The normalized spacial score (nSPS) is 12.3. The smallest absolute Gasteiger partial charge is 0.267 e. The highest BCUT2D eigenvalue weighted by atomic mass is 19.4. The van der Waals surface area contributed by atoms with Gasteiger partial charge in [-0.2, -0.15) is 26.3 Å². The molecule has 0 saturated heterocycles. The zero-order chi connectivity index (χ0) is 14.7. The minimum Gasteiger partial charge on any atom is -0.267 e. The fourth-order valence-corrected chi connectivity index (χ4v) is 1.08. The number of hydroxylamine groups is 1. The van der Waals surface area contributed by atoms with Crippen LogP contribution in [-0.2, 0) is 11.0 Å². The van der Waals surface area contributed by atoms with Gasteiger partial charge in [0.2, 0.25) is 0 Å². The van der Waals surface area contributed by atoms with Gasteiger partial charge in [-0.3, -0.25) is 9.63 Å². The Morgan fingerprint density at radius 1 is 1.16 bits per heavy atom. The van der Waals surface area contributed by atoms with Crippen LogP contribution in [0, 0.1) is 0 Å². The third-order valence-electron chi connectivity index (χ3n) is 1.85. The summed E-state index contributed by atoms with van der Waals surface area (Å²) < 4.78 is 72.1. The second-order valence-electron chi connectivity index (χ2n) is 3.41. The molecule has 0 aromatic heterocycles. The van der Waals surface area contributed by atoms with E-state index >= 15 is 0 Å². The molecule has 0 saturated carbocycles. The van der Waals surface area contributed by atoms with E-state index in [0.717, 1.165) is 18.2 Å². The first-order valence-electron chi connectivity index (χ1n) is 4.76. The average Bonchev–Trinajstić information content (AvgIpc) is 2.26. The number of benzene rings is 1. The van der Waals surface area contributed by atoms with E-state index in [0.29, 0.717) is 6.07 Å². The van der Waals surface area contributed by atoms with Gasteiger partial charge in [0, 0.05) is 5.56 Å². The van der Waals surface area contributed by atoms with E-state index in [1.165, 1.54) is 5.48 Å². The Balaban J connectivity index is 2.68. The number of alkyl halides is 6. The maximum Gasteiger partial charge on any atom is 0.416 e. The maximum atomic E-state index is 12.3. The van der Waals surface area contributed by atoms with Crippen molar-refractivity contribution in [1.29, 1.82) is 0 Å². The molecule has 9 heteroatoms. The van der Waals surface area contributed by atoms with Gasteiger partial charge in [-0.15, -0.1) is 0 Å². The molecule has 1 aromatic carbocycles. The van der Waals surface area contributed by atoms with Crippen LogP contribution < -0.4 is 5.48 Å². The van der Waals surface area contributed by atoms with Gasteiger partial charge >= 0.3 is 12.4 Å². The van der Waals surface area contributed by atoms with Gasteiger partial charge in [0.1, 0.15) is 0 Å². The predicted molar refractivity (Wildman–Crippen MR) is 50.9 cm³/mol. The lowest BCUT2D eigenvalue weighted by atomic mass is 10.1. The zero-order valence-electron chi connectivity index (χ0n) is 9.10. The Morgan fingerprint density at radius 3 is 2.32 bits per heavy atom. The molecule has 0 aliphatic carbocycles. The van der Waals surface area contributed by atoms with Crippen molar-refractivity contribution in [1.82, 2.24) is 5.48 Å². The minimum absolute atomic E-state index is 0.461. The summed E-state index contributed by atoms with van der Waals surface area (Å²) in [7, 11) is 0. The number of carbonyl (C=O) groups excluding carboxylic acids is 1. The molecular formula is C10H7F6NO2. The van der Waals surface area contributed by atoms with Crippen molar-refractivity contribution >= 4 is 5.91 Å². The van der Waals surface area contributed by atoms with Gasteiger partial charge < -0.3 is 0 Å². The Kier molecular flexibility index (Phi) is 4.40. The lowest BCUT2D eigenvalue weighted by molar-refractivity contribution is -0.184. The summed E-state index contributed by atoms with van der Waals surface area (Å²) in [5.41, 5.74) is -0.140. The highest BCUT2D eigenvalue weighted by molar-refractivity contribution is 5.93. The third kappa shape index (κ3) is 5.16. The van der Waals surface area contributed by atoms with Crippen molar-refractivity contribution in [2.24, 2.45) is 0 Å². The first-order valence-corrected chi connectivity index (χ1v) is 4.76. The molecule has 0 heterocycles. The molecule has 19 heavy (non-hydrogen) atoms. The van der Waals surface area contributed by atoms with Crippen LogP contribution in [0.25, 0.3) is 0 Å². The highest BCUT2D eigenvalue weighted by Crippen LogP contribution is 2.29. The third-order valence-corrected chi connectivity index (χ3v) is 1.85. The second kappa shape index (κ2) is 5.47. The van der Waals surface area contributed by atoms with Gasteiger partial charge in [0.15, 0.2) is 6.61 Å². The van der Waals surface area contributed by atoms with Gasteiger partial charge in [-0.1, -0.05) is 6.07 Å². The summed E-state index contributed by atoms with van der Waals surface area (Å²) in [5, 5.41) is 0. The quantitative estimate of drug-likeness (QED) is 0.685. The molecule has 0 aliphatic rings. The lowest BCUT2D eigenvalue weighted by Crippen LogP contribution is -2.29. The van der Waals surface area contributed by atoms with Crippen LogP contribution in [0.2, 0.25) is 0 Å². The molecule has 3 nitrogen and oxygen atoms in total. The molecule has 0 aliphatic heterocycles. The zero-order valence-corrected chi connectivity index (χ0v) is 9.10. The van der Waals surface area contributed by atoms with Crippen molar-refractivity contribution in [3.63, 3.8) is 0 Å².